The van der Waals surface area contributed by atoms with E-state index in [-0.39, 0.29) is 4.90 Å². The average Bonchev–Trinajstić information content (AvgIpc) is 2.65. The van der Waals surface area contributed by atoms with Crippen LogP contribution in [0.3, 0.4) is 0 Å². The molecule has 7 nitrogen and oxygen atoms in total. The monoisotopic (exact) mass is 381 g/mol. The van der Waals surface area contributed by atoms with Crippen molar-refractivity contribution in [1.82, 2.24) is 14.9 Å². The zero-order valence-corrected chi connectivity index (χ0v) is 16.2. The van der Waals surface area contributed by atoms with Crippen LogP contribution in [0.1, 0.15) is 32.1 Å². The number of nitrogens with one attached hydrogen (secondary N) is 3. The molecule has 1 aliphatic heterocycles. The van der Waals surface area contributed by atoms with E-state index in [1.807, 2.05) is 0 Å². The third kappa shape index (κ3) is 5.33. The van der Waals surface area contributed by atoms with Gasteiger partial charge in [0.25, 0.3) is 0 Å². The van der Waals surface area contributed by atoms with E-state index in [0.717, 1.165) is 51.3 Å². The molecule has 1 aliphatic carbocycles. The molecule has 5 N–H and O–H groups in total. The van der Waals surface area contributed by atoms with Crippen LogP contribution in [-0.4, -0.2) is 58.6 Å². The van der Waals surface area contributed by atoms with Crippen molar-refractivity contribution < 1.29 is 8.42 Å². The number of hydrogen-bond donors (Lipinski definition) is 4. The number of piperazine rings is 1. The highest BCUT2D eigenvalue weighted by molar-refractivity contribution is 7.89. The van der Waals surface area contributed by atoms with Crippen LogP contribution in [0.2, 0.25) is 0 Å². The van der Waals surface area contributed by atoms with E-state index in [2.05, 4.69) is 20.3 Å². The average molecular weight is 382 g/mol. The maximum Gasteiger partial charge on any atom is 0.240 e. The molecule has 8 heteroatoms. The predicted molar refractivity (Wildman–Crippen MR) is 106 cm³/mol. The highest BCUT2D eigenvalue weighted by Crippen LogP contribution is 2.27. The van der Waals surface area contributed by atoms with Crippen molar-refractivity contribution in [2.45, 2.75) is 43.0 Å². The van der Waals surface area contributed by atoms with E-state index < -0.39 is 10.0 Å². The van der Waals surface area contributed by atoms with Crippen molar-refractivity contribution in [2.24, 2.45) is 0 Å². The fraction of sp³-hybridized carbons (Fsp3) is 0.667. The normalized spacial score (nSPS) is 20.2. The van der Waals surface area contributed by atoms with Crippen LogP contribution in [0.4, 0.5) is 11.4 Å². The number of benzene rings is 1. The summed E-state index contributed by atoms with van der Waals surface area (Å²) in [6.07, 6.45) is 6.06. The molecular weight excluding hydrogens is 350 g/mol. The second-order valence-corrected chi connectivity index (χ2v) is 8.98. The summed E-state index contributed by atoms with van der Waals surface area (Å²) in [6, 6.07) is 5.41. The van der Waals surface area contributed by atoms with Crippen LogP contribution in [0.25, 0.3) is 0 Å². The lowest BCUT2D eigenvalue weighted by Crippen LogP contribution is -2.46. The van der Waals surface area contributed by atoms with Gasteiger partial charge in [0.2, 0.25) is 10.0 Å². The molecule has 1 saturated heterocycles. The third-order valence-electron chi connectivity index (χ3n) is 5.23. The van der Waals surface area contributed by atoms with Crippen molar-refractivity contribution in [1.29, 1.82) is 0 Å². The highest BCUT2D eigenvalue weighted by atomic mass is 32.2. The Hall–Kier alpha value is -1.35. The van der Waals surface area contributed by atoms with E-state index in [1.165, 1.54) is 19.3 Å². The molecule has 2 fully saturated rings. The van der Waals surface area contributed by atoms with Gasteiger partial charge in [-0.15, -0.1) is 0 Å². The third-order valence-corrected chi connectivity index (χ3v) is 6.69. The molecule has 3 rings (SSSR count). The Bertz CT molecular complexity index is 683. The molecule has 0 amide bonds. The maximum absolute atomic E-state index is 12.5. The number of rotatable bonds is 7. The number of nitrogens with two attached hydrogens (primary N) is 1. The SMILES string of the molecule is Nc1cc(S(=O)(=O)NCCN2CCNCC2)ccc1NC1CCCCC1. The number of anilines is 2. The number of sulfonamides is 1. The van der Waals surface area contributed by atoms with Crippen LogP contribution in [0, 0.1) is 0 Å². The van der Waals surface area contributed by atoms with Gasteiger partial charge >= 0.3 is 0 Å². The molecule has 0 spiro atoms. The second kappa shape index (κ2) is 9.03. The Labute approximate surface area is 156 Å². The molecule has 0 aromatic heterocycles. The lowest BCUT2D eigenvalue weighted by atomic mass is 9.95. The van der Waals surface area contributed by atoms with Gasteiger partial charge in [-0.1, -0.05) is 19.3 Å². The van der Waals surface area contributed by atoms with Gasteiger partial charge in [-0.25, -0.2) is 13.1 Å². The van der Waals surface area contributed by atoms with E-state index in [0.29, 0.717) is 18.3 Å². The summed E-state index contributed by atoms with van der Waals surface area (Å²) in [4.78, 5) is 2.48. The van der Waals surface area contributed by atoms with E-state index >= 15 is 0 Å². The quantitative estimate of drug-likeness (QED) is 0.530. The van der Waals surface area contributed by atoms with Crippen molar-refractivity contribution in [2.75, 3.05) is 50.3 Å². The van der Waals surface area contributed by atoms with Crippen molar-refractivity contribution in [3.8, 4) is 0 Å². The van der Waals surface area contributed by atoms with Crippen LogP contribution >= 0.6 is 0 Å². The molecule has 2 aliphatic rings. The van der Waals surface area contributed by atoms with Crippen molar-refractivity contribution in [3.05, 3.63) is 18.2 Å². The molecule has 1 heterocycles. The Morgan fingerprint density at radius 2 is 1.88 bits per heavy atom. The molecule has 1 aromatic carbocycles. The minimum atomic E-state index is -3.53. The van der Waals surface area contributed by atoms with Crippen molar-refractivity contribution >= 4 is 21.4 Å². The Kier molecular flexibility index (Phi) is 6.74. The lowest BCUT2D eigenvalue weighted by Gasteiger charge is -2.27. The largest absolute Gasteiger partial charge is 0.397 e. The van der Waals surface area contributed by atoms with Gasteiger partial charge in [0.1, 0.15) is 0 Å². The zero-order valence-electron chi connectivity index (χ0n) is 15.3. The second-order valence-electron chi connectivity index (χ2n) is 7.22. The molecule has 146 valence electrons. The Morgan fingerprint density at radius 1 is 1.15 bits per heavy atom. The van der Waals surface area contributed by atoms with E-state index in [1.54, 1.807) is 18.2 Å². The maximum atomic E-state index is 12.5. The number of nitrogens with zero attached hydrogens (tertiary/aromatic N) is 1. The fourth-order valence-corrected chi connectivity index (χ4v) is 4.72. The summed E-state index contributed by atoms with van der Waals surface area (Å²) in [5, 5.41) is 6.75. The van der Waals surface area contributed by atoms with E-state index in [4.69, 9.17) is 5.73 Å². The van der Waals surface area contributed by atoms with Gasteiger partial charge in [0, 0.05) is 45.3 Å². The first kappa shape index (κ1) is 19.4. The van der Waals surface area contributed by atoms with Crippen molar-refractivity contribution in [3.63, 3.8) is 0 Å². The first-order chi connectivity index (χ1) is 12.5. The standard InChI is InChI=1S/C18H31N5O2S/c19-17-14-16(6-7-18(17)22-15-4-2-1-3-5-15)26(24,25)21-10-13-23-11-8-20-9-12-23/h6-7,14-15,20-22H,1-5,8-13,19H2. The van der Waals surface area contributed by atoms with Crippen LogP contribution in [0.15, 0.2) is 23.1 Å². The first-order valence-electron chi connectivity index (χ1n) is 9.63. The minimum Gasteiger partial charge on any atom is -0.397 e. The molecule has 0 bridgehead atoms. The number of hydrogen-bond acceptors (Lipinski definition) is 6. The Balaban J connectivity index is 1.55. The Morgan fingerprint density at radius 3 is 2.58 bits per heavy atom. The van der Waals surface area contributed by atoms with Crippen LogP contribution < -0.4 is 21.1 Å². The smallest absolute Gasteiger partial charge is 0.240 e. The minimum absolute atomic E-state index is 0.226. The zero-order chi connectivity index (χ0) is 18.4. The molecule has 26 heavy (non-hydrogen) atoms. The van der Waals surface area contributed by atoms with E-state index in [9.17, 15) is 8.42 Å². The van der Waals surface area contributed by atoms with Gasteiger partial charge in [0.05, 0.1) is 16.3 Å². The molecule has 1 saturated carbocycles. The van der Waals surface area contributed by atoms with Gasteiger partial charge in [0.15, 0.2) is 0 Å². The first-order valence-corrected chi connectivity index (χ1v) is 11.1. The van der Waals surface area contributed by atoms with Gasteiger partial charge in [-0.2, -0.15) is 0 Å². The molecule has 1 aromatic rings. The lowest BCUT2D eigenvalue weighted by molar-refractivity contribution is 0.245. The summed E-state index contributed by atoms with van der Waals surface area (Å²) < 4.78 is 27.7. The van der Waals surface area contributed by atoms with Gasteiger partial charge in [-0.05, 0) is 31.0 Å². The topological polar surface area (TPSA) is 99.5 Å². The molecule has 0 radical (unpaired) electrons. The predicted octanol–water partition coefficient (Wildman–Crippen LogP) is 1.20. The molecule has 0 unspecified atom stereocenters. The molecular formula is C18H31N5O2S. The number of nitrogen functional groups attached to an aromatic ring is 1. The summed E-state index contributed by atoms with van der Waals surface area (Å²) in [5.74, 6) is 0. The summed E-state index contributed by atoms with van der Waals surface area (Å²) in [5.41, 5.74) is 7.43. The van der Waals surface area contributed by atoms with Crippen LogP contribution in [0.5, 0.6) is 0 Å². The van der Waals surface area contributed by atoms with Gasteiger partial charge < -0.3 is 16.4 Å². The summed E-state index contributed by atoms with van der Waals surface area (Å²) in [7, 11) is -3.53. The summed E-state index contributed by atoms with van der Waals surface area (Å²) >= 11 is 0. The summed E-state index contributed by atoms with van der Waals surface area (Å²) in [6.45, 7) is 4.95. The van der Waals surface area contributed by atoms with Gasteiger partial charge in [-0.3, -0.25) is 4.90 Å². The molecule has 0 atom stereocenters. The highest BCUT2D eigenvalue weighted by Gasteiger charge is 2.18. The van der Waals surface area contributed by atoms with Crippen LogP contribution in [-0.2, 0) is 10.0 Å². The fourth-order valence-electron chi connectivity index (χ4n) is 3.66.